The van der Waals surface area contributed by atoms with E-state index in [1.165, 1.54) is 0 Å². The molecule has 0 saturated heterocycles. The van der Waals surface area contributed by atoms with Gasteiger partial charge in [0.1, 0.15) is 6.04 Å². The van der Waals surface area contributed by atoms with Gasteiger partial charge in [-0.15, -0.1) is 0 Å². The van der Waals surface area contributed by atoms with Crippen LogP contribution in [0, 0.1) is 10.1 Å². The Balaban J connectivity index is 0.00000144. The molecule has 0 aromatic heterocycles. The van der Waals surface area contributed by atoms with E-state index in [1.807, 2.05) is 0 Å². The summed E-state index contributed by atoms with van der Waals surface area (Å²) in [7, 11) is 0. The van der Waals surface area contributed by atoms with E-state index in [0.717, 1.165) is 0 Å². The molecule has 1 aromatic rings. The van der Waals surface area contributed by atoms with Crippen molar-refractivity contribution in [2.75, 3.05) is 0 Å². The van der Waals surface area contributed by atoms with E-state index in [1.54, 1.807) is 30.3 Å². The predicted molar refractivity (Wildman–Crippen MR) is 54.0 cm³/mol. The Morgan fingerprint density at radius 2 is 1.88 bits per heavy atom. The van der Waals surface area contributed by atoms with E-state index in [2.05, 4.69) is 5.32 Å². The molecule has 0 spiro atoms. The Bertz CT molecular complexity index is 486. The number of nitrogens with zero attached hydrogens (tertiary/aromatic N) is 1. The minimum atomic E-state index is -0.885. The fourth-order valence-corrected chi connectivity index (χ4v) is 1.60. The molecule has 2 rings (SSSR count). The van der Waals surface area contributed by atoms with Crippen LogP contribution in [0.25, 0.3) is 0 Å². The molecule has 0 aliphatic carbocycles. The minimum Gasteiger partial charge on any atom is -0.498 e. The first-order valence-electron chi connectivity index (χ1n) is 4.54. The number of nitrogens with one attached hydrogen (secondary N) is 1. The summed E-state index contributed by atoms with van der Waals surface area (Å²) in [6.07, 6.45) is 0. The molecule has 1 aliphatic heterocycles. The first-order valence-corrected chi connectivity index (χ1v) is 4.54. The fourth-order valence-electron chi connectivity index (χ4n) is 1.60. The van der Waals surface area contributed by atoms with Crippen LogP contribution in [0.4, 0.5) is 0 Å². The first kappa shape index (κ1) is 13.7. The summed E-state index contributed by atoms with van der Waals surface area (Å²) >= 11 is 0. The molecule has 2 N–H and O–H groups in total. The molecule has 1 heterocycles. The van der Waals surface area contributed by atoms with Crippen molar-refractivity contribution in [1.82, 2.24) is 5.32 Å². The van der Waals surface area contributed by atoms with Gasteiger partial charge in [-0.3, -0.25) is 14.9 Å². The Hall–Kier alpha value is -1.37. The van der Waals surface area contributed by atoms with Gasteiger partial charge in [-0.25, -0.2) is 0 Å². The summed E-state index contributed by atoms with van der Waals surface area (Å²) in [5, 5.41) is 22.4. The van der Waals surface area contributed by atoms with Crippen molar-refractivity contribution in [3.05, 3.63) is 57.5 Å². The Kier molecular flexibility index (Phi) is 4.28. The largest absolute Gasteiger partial charge is 1.00 e. The number of hydrogen-bond donors (Lipinski definition) is 2. The maximum Gasteiger partial charge on any atom is 1.00 e. The molecule has 0 radical (unpaired) electrons. The number of carbonyl (C=O) groups excluding carboxylic acids is 1. The molecule has 1 aromatic carbocycles. The molecular weight excluding hydrogens is 235 g/mol. The number of carbonyl (C=O) groups is 1. The molecule has 0 fully saturated rings. The maximum atomic E-state index is 11.1. The maximum absolute atomic E-state index is 11.1. The fraction of sp³-hybridized carbons (Fsp3) is 0.100. The number of hydrogen-bond acceptors (Lipinski definition) is 4. The SMILES string of the molecule is O=C1NC(c2ccccc2)C([N+](=O)[O-])=C1O.[Na+]. The Labute approximate surface area is 119 Å². The molecule has 0 saturated carbocycles. The van der Waals surface area contributed by atoms with Crippen molar-refractivity contribution in [2.24, 2.45) is 0 Å². The van der Waals surface area contributed by atoms with E-state index >= 15 is 0 Å². The van der Waals surface area contributed by atoms with E-state index < -0.39 is 28.3 Å². The Morgan fingerprint density at radius 3 is 2.41 bits per heavy atom. The van der Waals surface area contributed by atoms with Gasteiger partial charge < -0.3 is 10.4 Å². The normalized spacial score (nSPS) is 18.6. The second-order valence-electron chi connectivity index (χ2n) is 3.31. The van der Waals surface area contributed by atoms with Crippen LogP contribution in [0.1, 0.15) is 11.6 Å². The summed E-state index contributed by atoms with van der Waals surface area (Å²) in [4.78, 5) is 21.1. The van der Waals surface area contributed by atoms with E-state index in [9.17, 15) is 20.0 Å². The van der Waals surface area contributed by atoms with Crippen molar-refractivity contribution < 1.29 is 44.4 Å². The summed E-state index contributed by atoms with van der Waals surface area (Å²) in [6.45, 7) is 0. The summed E-state index contributed by atoms with van der Waals surface area (Å²) in [5.41, 5.74) is 0.0581. The van der Waals surface area contributed by atoms with Crippen LogP contribution >= 0.6 is 0 Å². The van der Waals surface area contributed by atoms with Crippen molar-refractivity contribution in [3.63, 3.8) is 0 Å². The number of rotatable bonds is 2. The zero-order valence-corrected chi connectivity index (χ0v) is 11.1. The van der Waals surface area contributed by atoms with Gasteiger partial charge in [-0.05, 0) is 5.56 Å². The van der Waals surface area contributed by atoms with Crippen LogP contribution in [0.2, 0.25) is 0 Å². The van der Waals surface area contributed by atoms with E-state index in [4.69, 9.17) is 0 Å². The van der Waals surface area contributed by atoms with Gasteiger partial charge >= 0.3 is 35.3 Å². The van der Waals surface area contributed by atoms with Crippen molar-refractivity contribution in [1.29, 1.82) is 0 Å². The molecule has 1 atom stereocenters. The van der Waals surface area contributed by atoms with Gasteiger partial charge in [0.15, 0.2) is 0 Å². The molecule has 17 heavy (non-hydrogen) atoms. The van der Waals surface area contributed by atoms with Crippen molar-refractivity contribution in [3.8, 4) is 0 Å². The third-order valence-electron chi connectivity index (χ3n) is 2.34. The second kappa shape index (κ2) is 5.31. The minimum absolute atomic E-state index is 0. The van der Waals surface area contributed by atoms with Crippen LogP contribution in [0.5, 0.6) is 0 Å². The monoisotopic (exact) mass is 243 g/mol. The average molecular weight is 243 g/mol. The third kappa shape index (κ3) is 2.49. The van der Waals surface area contributed by atoms with Crippen LogP contribution in [-0.4, -0.2) is 15.9 Å². The Morgan fingerprint density at radius 1 is 1.29 bits per heavy atom. The topological polar surface area (TPSA) is 92.5 Å². The molecule has 7 heteroatoms. The standard InChI is InChI=1S/C10H8N2O4.Na/c13-9-8(12(15)16)7(11-10(9)14)6-4-2-1-3-5-6;/h1-5,7,13H,(H,11,14);/q;+1. The molecular formula is C10H8N2NaO4+. The van der Waals surface area contributed by atoms with E-state index in [-0.39, 0.29) is 29.6 Å². The number of aliphatic hydroxyl groups is 1. The van der Waals surface area contributed by atoms with Crippen LogP contribution in [0.15, 0.2) is 41.8 Å². The predicted octanol–water partition coefficient (Wildman–Crippen LogP) is -2.09. The smallest absolute Gasteiger partial charge is 0.498 e. The number of aliphatic hydroxyl groups excluding tert-OH is 1. The van der Waals surface area contributed by atoms with Crippen LogP contribution < -0.4 is 34.9 Å². The van der Waals surface area contributed by atoms with Gasteiger partial charge in [0.05, 0.1) is 4.92 Å². The van der Waals surface area contributed by atoms with Gasteiger partial charge in [0, 0.05) is 0 Å². The zero-order chi connectivity index (χ0) is 11.7. The number of nitro groups is 1. The number of benzene rings is 1. The quantitative estimate of drug-likeness (QED) is 0.354. The van der Waals surface area contributed by atoms with E-state index in [0.29, 0.717) is 5.56 Å². The number of amides is 1. The first-order chi connectivity index (χ1) is 7.61. The second-order valence-corrected chi connectivity index (χ2v) is 3.31. The molecule has 1 unspecified atom stereocenters. The van der Waals surface area contributed by atoms with Gasteiger partial charge in [-0.2, -0.15) is 0 Å². The molecule has 0 bridgehead atoms. The van der Waals surface area contributed by atoms with Gasteiger partial charge in [0.25, 0.3) is 11.7 Å². The van der Waals surface area contributed by atoms with Crippen molar-refractivity contribution >= 4 is 5.91 Å². The third-order valence-corrected chi connectivity index (χ3v) is 2.34. The summed E-state index contributed by atoms with van der Waals surface area (Å²) in [6, 6.07) is 7.57. The van der Waals surface area contributed by atoms with Crippen LogP contribution in [0.3, 0.4) is 0 Å². The molecule has 1 amide bonds. The van der Waals surface area contributed by atoms with Gasteiger partial charge in [0.2, 0.25) is 0 Å². The summed E-state index contributed by atoms with van der Waals surface area (Å²) in [5.74, 6) is -1.64. The molecule has 6 nitrogen and oxygen atoms in total. The summed E-state index contributed by atoms with van der Waals surface area (Å²) < 4.78 is 0. The van der Waals surface area contributed by atoms with Gasteiger partial charge in [-0.1, -0.05) is 30.3 Å². The molecule has 1 aliphatic rings. The van der Waals surface area contributed by atoms with Crippen molar-refractivity contribution in [2.45, 2.75) is 6.04 Å². The van der Waals surface area contributed by atoms with Crippen LogP contribution in [-0.2, 0) is 4.79 Å². The average Bonchev–Trinajstić information content (AvgIpc) is 2.57. The molecule has 82 valence electrons. The zero-order valence-electron chi connectivity index (χ0n) is 9.08.